The molecule has 4 heterocycles. The largest absolute Gasteiger partial charge is 0.397 e. The zero-order valence-corrected chi connectivity index (χ0v) is 16.3. The van der Waals surface area contributed by atoms with Gasteiger partial charge in [0.15, 0.2) is 0 Å². The number of nitrogens with zero attached hydrogens (tertiary/aromatic N) is 3. The molecule has 7 nitrogen and oxygen atoms in total. The van der Waals surface area contributed by atoms with Gasteiger partial charge in [0.1, 0.15) is 33.0 Å². The Morgan fingerprint density at radius 3 is 2.71 bits per heavy atom. The van der Waals surface area contributed by atoms with Crippen LogP contribution in [0.2, 0.25) is 0 Å². The number of nitrogen functional groups attached to an aromatic ring is 2. The molecular formula is C19H14N6OS2. The number of nitriles is 1. The van der Waals surface area contributed by atoms with Gasteiger partial charge in [0.05, 0.1) is 5.69 Å². The second-order valence-electron chi connectivity index (χ2n) is 5.98. The number of anilines is 3. The molecule has 0 spiro atoms. The minimum atomic E-state index is -0.382. The van der Waals surface area contributed by atoms with Gasteiger partial charge >= 0.3 is 0 Å². The molecule has 0 fully saturated rings. The molecule has 0 saturated carbocycles. The van der Waals surface area contributed by atoms with Crippen molar-refractivity contribution in [3.8, 4) is 16.5 Å². The molecule has 0 radical (unpaired) electrons. The third kappa shape index (κ3) is 2.94. The zero-order valence-electron chi connectivity index (χ0n) is 14.7. The van der Waals surface area contributed by atoms with E-state index in [-0.39, 0.29) is 23.0 Å². The van der Waals surface area contributed by atoms with Gasteiger partial charge in [-0.25, -0.2) is 9.97 Å². The van der Waals surface area contributed by atoms with E-state index in [1.807, 2.05) is 36.6 Å². The van der Waals surface area contributed by atoms with Gasteiger partial charge in [0, 0.05) is 21.5 Å². The Bertz CT molecular complexity index is 1250. The summed E-state index contributed by atoms with van der Waals surface area (Å²) in [5.74, 6) is 0.172. The van der Waals surface area contributed by atoms with Crippen molar-refractivity contribution in [2.24, 2.45) is 0 Å². The van der Waals surface area contributed by atoms with E-state index in [2.05, 4.69) is 21.4 Å². The van der Waals surface area contributed by atoms with Crippen LogP contribution in [0.3, 0.4) is 0 Å². The summed E-state index contributed by atoms with van der Waals surface area (Å²) in [6.45, 7) is 1.84. The molecule has 4 rings (SSSR count). The number of amides is 1. The smallest absolute Gasteiger partial charge is 0.269 e. The number of aryl methyl sites for hydroxylation is 1. The van der Waals surface area contributed by atoms with Crippen LogP contribution in [0.5, 0.6) is 0 Å². The second kappa shape index (κ2) is 6.92. The maximum Gasteiger partial charge on any atom is 0.269 e. The highest BCUT2D eigenvalue weighted by molar-refractivity contribution is 7.21. The molecule has 9 heteroatoms. The van der Waals surface area contributed by atoms with Crippen LogP contribution in [0.1, 0.15) is 20.9 Å². The third-order valence-electron chi connectivity index (χ3n) is 4.12. The summed E-state index contributed by atoms with van der Waals surface area (Å²) in [6.07, 6.45) is 0. The zero-order chi connectivity index (χ0) is 19.8. The maximum atomic E-state index is 12.8. The molecule has 0 unspecified atom stereocenters. The second-order valence-corrected chi connectivity index (χ2v) is 7.93. The molecule has 0 aliphatic heterocycles. The van der Waals surface area contributed by atoms with E-state index in [4.69, 9.17) is 11.5 Å². The fourth-order valence-corrected chi connectivity index (χ4v) is 4.69. The van der Waals surface area contributed by atoms with Crippen LogP contribution in [0, 0.1) is 18.3 Å². The first-order valence-electron chi connectivity index (χ1n) is 8.20. The van der Waals surface area contributed by atoms with Gasteiger partial charge in [-0.1, -0.05) is 12.1 Å². The number of hydrogen-bond donors (Lipinski definition) is 3. The lowest BCUT2D eigenvalue weighted by Gasteiger charge is -2.07. The number of thiophene rings is 2. The lowest BCUT2D eigenvalue weighted by molar-refractivity contribution is 0.103. The SMILES string of the molecule is Cc1cccc(NC(=O)c2sc3nc(N)c(C#N)c(-c4cccs4)c3c2N)n1. The van der Waals surface area contributed by atoms with E-state index in [1.165, 1.54) is 11.3 Å². The van der Waals surface area contributed by atoms with Crippen molar-refractivity contribution < 1.29 is 4.79 Å². The van der Waals surface area contributed by atoms with Crippen molar-refractivity contribution in [2.45, 2.75) is 6.92 Å². The minimum absolute atomic E-state index is 0.118. The lowest BCUT2D eigenvalue weighted by atomic mass is 10.0. The number of carbonyl (C=O) groups excluding carboxylic acids is 1. The van der Waals surface area contributed by atoms with E-state index < -0.39 is 0 Å². The topological polar surface area (TPSA) is 131 Å². The van der Waals surface area contributed by atoms with Crippen molar-refractivity contribution in [1.29, 1.82) is 5.26 Å². The monoisotopic (exact) mass is 406 g/mol. The Balaban J connectivity index is 1.88. The van der Waals surface area contributed by atoms with Crippen molar-refractivity contribution in [3.63, 3.8) is 0 Å². The van der Waals surface area contributed by atoms with Crippen LogP contribution in [0.25, 0.3) is 20.7 Å². The van der Waals surface area contributed by atoms with Gasteiger partial charge in [0.25, 0.3) is 5.91 Å². The molecule has 28 heavy (non-hydrogen) atoms. The third-order valence-corrected chi connectivity index (χ3v) is 6.11. The molecule has 0 saturated heterocycles. The van der Waals surface area contributed by atoms with Crippen molar-refractivity contribution >= 4 is 56.1 Å². The van der Waals surface area contributed by atoms with Crippen molar-refractivity contribution in [2.75, 3.05) is 16.8 Å². The Labute approximate surface area is 168 Å². The molecule has 0 atom stereocenters. The number of fused-ring (bicyclic) bond motifs is 1. The van der Waals surface area contributed by atoms with Gasteiger partial charge in [-0.3, -0.25) is 4.79 Å². The number of carbonyl (C=O) groups is 1. The number of pyridine rings is 2. The molecule has 1 amide bonds. The highest BCUT2D eigenvalue weighted by Crippen LogP contribution is 2.43. The van der Waals surface area contributed by atoms with Crippen LogP contribution in [0.15, 0.2) is 35.7 Å². The van der Waals surface area contributed by atoms with Gasteiger partial charge < -0.3 is 16.8 Å². The van der Waals surface area contributed by atoms with Crippen LogP contribution in [-0.4, -0.2) is 15.9 Å². The Hall–Kier alpha value is -3.48. The summed E-state index contributed by atoms with van der Waals surface area (Å²) in [7, 11) is 0. The number of nitrogens with one attached hydrogen (secondary N) is 1. The van der Waals surface area contributed by atoms with Gasteiger partial charge in [-0.15, -0.1) is 22.7 Å². The van der Waals surface area contributed by atoms with Gasteiger partial charge in [-0.2, -0.15) is 5.26 Å². The van der Waals surface area contributed by atoms with Gasteiger partial charge in [0.2, 0.25) is 0 Å². The van der Waals surface area contributed by atoms with Crippen molar-refractivity contribution in [3.05, 3.63) is 51.8 Å². The molecule has 0 bridgehead atoms. The Kier molecular flexibility index (Phi) is 4.43. The van der Waals surface area contributed by atoms with E-state index in [1.54, 1.807) is 6.07 Å². The van der Waals surface area contributed by atoms with E-state index in [9.17, 15) is 10.1 Å². The number of hydrogen-bond acceptors (Lipinski definition) is 8. The van der Waals surface area contributed by atoms with Crippen LogP contribution < -0.4 is 16.8 Å². The molecule has 0 aromatic carbocycles. The normalized spacial score (nSPS) is 10.7. The van der Waals surface area contributed by atoms with E-state index in [0.717, 1.165) is 21.9 Å². The minimum Gasteiger partial charge on any atom is -0.397 e. The summed E-state index contributed by atoms with van der Waals surface area (Å²) in [4.78, 5) is 23.1. The Morgan fingerprint density at radius 1 is 1.21 bits per heavy atom. The quantitative estimate of drug-likeness (QED) is 0.471. The average molecular weight is 406 g/mol. The molecule has 5 N–H and O–H groups in total. The first kappa shape index (κ1) is 17.9. The summed E-state index contributed by atoms with van der Waals surface area (Å²) < 4.78 is 0. The summed E-state index contributed by atoms with van der Waals surface area (Å²) in [6, 6.07) is 11.2. The van der Waals surface area contributed by atoms with Crippen LogP contribution >= 0.6 is 22.7 Å². The predicted octanol–water partition coefficient (Wildman–Crippen LogP) is 4.02. The molecule has 138 valence electrons. The molecule has 0 aliphatic rings. The standard InChI is InChI=1S/C19H14N6OS2/c1-9-4-2-6-12(23-9)24-18(26)16-15(21)14-13(11-5-3-7-27-11)10(8-20)17(22)25-19(14)28-16/h2-7H,21H2,1H3,(H2,22,25)(H,23,24,26). The fourth-order valence-electron chi connectivity index (χ4n) is 2.90. The average Bonchev–Trinajstić information content (AvgIpc) is 3.29. The Morgan fingerprint density at radius 2 is 2.04 bits per heavy atom. The molecule has 4 aromatic heterocycles. The van der Waals surface area contributed by atoms with Crippen LogP contribution in [-0.2, 0) is 0 Å². The first-order chi connectivity index (χ1) is 13.5. The van der Waals surface area contributed by atoms with Gasteiger partial charge in [-0.05, 0) is 30.5 Å². The summed E-state index contributed by atoms with van der Waals surface area (Å²) in [5, 5.41) is 14.8. The molecular weight excluding hydrogens is 392 g/mol. The van der Waals surface area contributed by atoms with Crippen LogP contribution in [0.4, 0.5) is 17.3 Å². The highest BCUT2D eigenvalue weighted by atomic mass is 32.1. The predicted molar refractivity (Wildman–Crippen MR) is 113 cm³/mol. The van der Waals surface area contributed by atoms with E-state index >= 15 is 0 Å². The summed E-state index contributed by atoms with van der Waals surface area (Å²) >= 11 is 2.60. The fraction of sp³-hybridized carbons (Fsp3) is 0.0526. The van der Waals surface area contributed by atoms with Crippen molar-refractivity contribution in [1.82, 2.24) is 9.97 Å². The lowest BCUT2D eigenvalue weighted by Crippen LogP contribution is -2.13. The number of nitrogens with two attached hydrogens (primary N) is 2. The molecule has 4 aromatic rings. The first-order valence-corrected chi connectivity index (χ1v) is 9.89. The number of rotatable bonds is 3. The summed E-state index contributed by atoms with van der Waals surface area (Å²) in [5.41, 5.74) is 14.3. The number of aromatic nitrogens is 2. The maximum absolute atomic E-state index is 12.8. The molecule has 0 aliphatic carbocycles. The highest BCUT2D eigenvalue weighted by Gasteiger charge is 2.24. The van der Waals surface area contributed by atoms with E-state index in [0.29, 0.717) is 26.5 Å².